The highest BCUT2D eigenvalue weighted by Crippen LogP contribution is 2.34. The lowest BCUT2D eigenvalue weighted by molar-refractivity contribution is 0.383. The van der Waals surface area contributed by atoms with Gasteiger partial charge in [-0.1, -0.05) is 31.7 Å². The zero-order chi connectivity index (χ0) is 15.6. The Kier molecular flexibility index (Phi) is 5.06. The monoisotopic (exact) mass is 307 g/mol. The summed E-state index contributed by atoms with van der Waals surface area (Å²) in [4.78, 5) is 7.77. The van der Waals surface area contributed by atoms with Gasteiger partial charge >= 0.3 is 0 Å². The molecule has 2 rings (SSSR count). The number of hydrogen-bond acceptors (Lipinski definition) is 3. The van der Waals surface area contributed by atoms with E-state index in [1.807, 2.05) is 27.2 Å². The summed E-state index contributed by atoms with van der Waals surface area (Å²) in [6, 6.07) is 6.70. The van der Waals surface area contributed by atoms with Gasteiger partial charge in [-0.05, 0) is 38.2 Å². The SMILES string of the molecule is CC(C)c1nc(CN(C)C)n(C)c1Sc1cccc(F)c1. The van der Waals surface area contributed by atoms with Gasteiger partial charge in [-0.15, -0.1) is 0 Å². The van der Waals surface area contributed by atoms with E-state index in [2.05, 4.69) is 23.3 Å². The van der Waals surface area contributed by atoms with Gasteiger partial charge in [-0.25, -0.2) is 9.37 Å². The maximum Gasteiger partial charge on any atom is 0.124 e. The number of nitrogens with zero attached hydrogens (tertiary/aromatic N) is 3. The molecule has 0 fully saturated rings. The van der Waals surface area contributed by atoms with Crippen LogP contribution in [0.2, 0.25) is 0 Å². The fourth-order valence-electron chi connectivity index (χ4n) is 2.11. The average molecular weight is 307 g/mol. The summed E-state index contributed by atoms with van der Waals surface area (Å²) in [5.41, 5.74) is 1.07. The van der Waals surface area contributed by atoms with E-state index in [4.69, 9.17) is 4.98 Å². The van der Waals surface area contributed by atoms with Crippen molar-refractivity contribution in [2.75, 3.05) is 14.1 Å². The predicted molar refractivity (Wildman–Crippen MR) is 85.2 cm³/mol. The smallest absolute Gasteiger partial charge is 0.124 e. The Morgan fingerprint density at radius 3 is 2.62 bits per heavy atom. The molecule has 0 amide bonds. The first-order valence-corrected chi connectivity index (χ1v) is 7.83. The van der Waals surface area contributed by atoms with Crippen LogP contribution in [0.25, 0.3) is 0 Å². The van der Waals surface area contributed by atoms with Crippen molar-refractivity contribution in [3.05, 3.63) is 41.6 Å². The van der Waals surface area contributed by atoms with Crippen LogP contribution in [0, 0.1) is 5.82 Å². The molecular formula is C16H22FN3S. The molecule has 1 heterocycles. The highest BCUT2D eigenvalue weighted by molar-refractivity contribution is 7.99. The second kappa shape index (κ2) is 6.62. The predicted octanol–water partition coefficient (Wildman–Crippen LogP) is 3.90. The lowest BCUT2D eigenvalue weighted by atomic mass is 10.2. The molecular weight excluding hydrogens is 285 g/mol. The summed E-state index contributed by atoms with van der Waals surface area (Å²) in [6.07, 6.45) is 0. The minimum atomic E-state index is -0.207. The van der Waals surface area contributed by atoms with E-state index < -0.39 is 0 Å². The Hall–Kier alpha value is -1.33. The molecule has 0 aliphatic heterocycles. The first kappa shape index (κ1) is 16.0. The molecule has 2 aromatic rings. The lowest BCUT2D eigenvalue weighted by Gasteiger charge is -2.11. The van der Waals surface area contributed by atoms with Gasteiger partial charge in [0, 0.05) is 11.9 Å². The summed E-state index contributed by atoms with van der Waals surface area (Å²) < 4.78 is 15.5. The third-order valence-corrected chi connectivity index (χ3v) is 4.34. The van der Waals surface area contributed by atoms with Gasteiger partial charge in [0.25, 0.3) is 0 Å². The normalized spacial score (nSPS) is 11.6. The Labute approximate surface area is 130 Å². The summed E-state index contributed by atoms with van der Waals surface area (Å²) >= 11 is 1.57. The van der Waals surface area contributed by atoms with Crippen LogP contribution >= 0.6 is 11.8 Å². The number of rotatable bonds is 5. The van der Waals surface area contributed by atoms with Gasteiger partial charge in [0.05, 0.1) is 12.2 Å². The van der Waals surface area contributed by atoms with Crippen LogP contribution in [0.3, 0.4) is 0 Å². The molecule has 1 aromatic carbocycles. The Morgan fingerprint density at radius 2 is 2.05 bits per heavy atom. The van der Waals surface area contributed by atoms with Crippen LogP contribution in [0.15, 0.2) is 34.2 Å². The van der Waals surface area contributed by atoms with Crippen molar-refractivity contribution in [1.29, 1.82) is 0 Å². The van der Waals surface area contributed by atoms with E-state index in [1.54, 1.807) is 23.9 Å². The van der Waals surface area contributed by atoms with E-state index >= 15 is 0 Å². The molecule has 0 aliphatic rings. The molecule has 21 heavy (non-hydrogen) atoms. The molecule has 0 atom stereocenters. The zero-order valence-electron chi connectivity index (χ0n) is 13.2. The van der Waals surface area contributed by atoms with E-state index in [9.17, 15) is 4.39 Å². The third kappa shape index (κ3) is 3.86. The third-order valence-electron chi connectivity index (χ3n) is 3.18. The van der Waals surface area contributed by atoms with Crippen LogP contribution in [0.1, 0.15) is 31.3 Å². The van der Waals surface area contributed by atoms with Crippen LogP contribution in [0.4, 0.5) is 4.39 Å². The summed E-state index contributed by atoms with van der Waals surface area (Å²) in [6.45, 7) is 5.06. The van der Waals surface area contributed by atoms with Crippen molar-refractivity contribution in [2.24, 2.45) is 7.05 Å². The van der Waals surface area contributed by atoms with Gasteiger partial charge < -0.3 is 9.47 Å². The molecule has 0 aliphatic carbocycles. The topological polar surface area (TPSA) is 21.1 Å². The summed E-state index contributed by atoms with van der Waals surface area (Å²) in [7, 11) is 6.09. The van der Waals surface area contributed by atoms with Crippen LogP contribution in [-0.2, 0) is 13.6 Å². The first-order valence-electron chi connectivity index (χ1n) is 7.02. The first-order chi connectivity index (χ1) is 9.88. The molecule has 0 spiro atoms. The van der Waals surface area contributed by atoms with E-state index in [-0.39, 0.29) is 5.82 Å². The van der Waals surface area contributed by atoms with Gasteiger partial charge in [0.2, 0.25) is 0 Å². The maximum atomic E-state index is 13.4. The van der Waals surface area contributed by atoms with Crippen molar-refractivity contribution in [3.63, 3.8) is 0 Å². The molecule has 3 nitrogen and oxygen atoms in total. The van der Waals surface area contributed by atoms with Crippen molar-refractivity contribution < 1.29 is 4.39 Å². The Balaban J connectivity index is 2.39. The van der Waals surface area contributed by atoms with E-state index in [1.165, 1.54) is 6.07 Å². The zero-order valence-corrected chi connectivity index (χ0v) is 14.0. The lowest BCUT2D eigenvalue weighted by Crippen LogP contribution is -2.14. The molecule has 1 aromatic heterocycles. The molecule has 0 N–H and O–H groups in total. The second-order valence-electron chi connectivity index (χ2n) is 5.73. The molecule has 0 radical (unpaired) electrons. The van der Waals surface area contributed by atoms with Crippen LogP contribution < -0.4 is 0 Å². The standard InChI is InChI=1S/C16H22FN3S/c1-11(2)15-16(20(5)14(18-15)10-19(3)4)21-13-8-6-7-12(17)9-13/h6-9,11H,10H2,1-5H3. The molecule has 0 unspecified atom stereocenters. The van der Waals surface area contributed by atoms with E-state index in [0.29, 0.717) is 5.92 Å². The highest BCUT2D eigenvalue weighted by atomic mass is 32.2. The van der Waals surface area contributed by atoms with Gasteiger partial charge in [0.15, 0.2) is 0 Å². The van der Waals surface area contributed by atoms with Gasteiger partial charge in [0.1, 0.15) is 16.7 Å². The molecule has 0 bridgehead atoms. The highest BCUT2D eigenvalue weighted by Gasteiger charge is 2.18. The van der Waals surface area contributed by atoms with Crippen LogP contribution in [-0.4, -0.2) is 28.5 Å². The number of benzene rings is 1. The number of imidazole rings is 1. The summed E-state index contributed by atoms with van der Waals surface area (Å²) in [5, 5.41) is 1.09. The van der Waals surface area contributed by atoms with Gasteiger partial charge in [-0.2, -0.15) is 0 Å². The fraction of sp³-hybridized carbons (Fsp3) is 0.438. The second-order valence-corrected chi connectivity index (χ2v) is 6.79. The average Bonchev–Trinajstić information content (AvgIpc) is 2.67. The minimum Gasteiger partial charge on any atom is -0.325 e. The minimum absolute atomic E-state index is 0.207. The van der Waals surface area contributed by atoms with Crippen molar-refractivity contribution in [2.45, 2.75) is 36.2 Å². The maximum absolute atomic E-state index is 13.4. The molecule has 0 saturated heterocycles. The number of aromatic nitrogens is 2. The Bertz CT molecular complexity index is 620. The van der Waals surface area contributed by atoms with Crippen molar-refractivity contribution >= 4 is 11.8 Å². The fourth-order valence-corrected chi connectivity index (χ4v) is 3.28. The quantitative estimate of drug-likeness (QED) is 0.836. The van der Waals surface area contributed by atoms with Crippen molar-refractivity contribution in [3.8, 4) is 0 Å². The van der Waals surface area contributed by atoms with Crippen molar-refractivity contribution in [1.82, 2.24) is 14.5 Å². The molecule has 0 saturated carbocycles. The largest absolute Gasteiger partial charge is 0.325 e. The number of hydrogen-bond donors (Lipinski definition) is 0. The summed E-state index contributed by atoms with van der Waals surface area (Å²) in [5.74, 6) is 1.16. The molecule has 5 heteroatoms. The number of halogens is 1. The van der Waals surface area contributed by atoms with Gasteiger partial charge in [-0.3, -0.25) is 0 Å². The Morgan fingerprint density at radius 1 is 1.33 bits per heavy atom. The van der Waals surface area contributed by atoms with E-state index in [0.717, 1.165) is 28.0 Å². The van der Waals surface area contributed by atoms with Crippen LogP contribution in [0.5, 0.6) is 0 Å². The molecule has 114 valence electrons.